The van der Waals surface area contributed by atoms with Gasteiger partial charge in [0.25, 0.3) is 0 Å². The van der Waals surface area contributed by atoms with Gasteiger partial charge in [0.1, 0.15) is 0 Å². The third kappa shape index (κ3) is 5.73. The summed E-state index contributed by atoms with van der Waals surface area (Å²) in [5.41, 5.74) is 2.27. The van der Waals surface area contributed by atoms with Crippen molar-refractivity contribution in [2.45, 2.75) is 18.9 Å². The van der Waals surface area contributed by atoms with Crippen LogP contribution < -0.4 is 9.64 Å². The number of phenolic OH excluding ortho intramolecular Hbond substituents is 1. The zero-order valence-electron chi connectivity index (χ0n) is 18.2. The number of nitrogens with zero attached hydrogens (tertiary/aromatic N) is 3. The van der Waals surface area contributed by atoms with Crippen molar-refractivity contribution in [2.24, 2.45) is 0 Å². The van der Waals surface area contributed by atoms with Gasteiger partial charge in [-0.1, -0.05) is 35.9 Å². The summed E-state index contributed by atoms with van der Waals surface area (Å²) in [6.45, 7) is 7.55. The predicted octanol–water partition coefficient (Wildman–Crippen LogP) is 4.35. The Morgan fingerprint density at radius 2 is 1.94 bits per heavy atom. The summed E-state index contributed by atoms with van der Waals surface area (Å²) in [6.07, 6.45) is 6.85. The molecule has 0 bridgehead atoms. The van der Waals surface area contributed by atoms with Crippen LogP contribution in [-0.4, -0.2) is 73.9 Å². The molecule has 0 unspecified atom stereocenters. The molecular weight excluding hydrogens is 410 g/mol. The second-order valence-corrected chi connectivity index (χ2v) is 8.83. The van der Waals surface area contributed by atoms with Crippen molar-refractivity contribution >= 4 is 23.4 Å². The summed E-state index contributed by atoms with van der Waals surface area (Å²) in [5, 5.41) is 10.5. The van der Waals surface area contributed by atoms with Crippen LogP contribution >= 0.6 is 11.6 Å². The minimum atomic E-state index is 0.175. The fourth-order valence-corrected chi connectivity index (χ4v) is 4.83. The predicted molar refractivity (Wildman–Crippen MR) is 128 cm³/mol. The fraction of sp³-hybridized carbons (Fsp3) is 0.440. The molecule has 2 aromatic rings. The SMILES string of the molecule is COc1cc(/C=C/CN2CCC[C@@H](N3CCN(c4cccc(Cl)c4)CC3)C2)ccc1O. The van der Waals surface area contributed by atoms with Crippen molar-refractivity contribution in [3.05, 3.63) is 59.1 Å². The molecule has 0 aromatic heterocycles. The number of halogens is 1. The van der Waals surface area contributed by atoms with Crippen LogP contribution in [0.15, 0.2) is 48.5 Å². The largest absolute Gasteiger partial charge is 0.504 e. The molecule has 31 heavy (non-hydrogen) atoms. The maximum absolute atomic E-state index is 9.74. The quantitative estimate of drug-likeness (QED) is 0.721. The minimum absolute atomic E-state index is 0.175. The Balaban J connectivity index is 1.27. The van der Waals surface area contributed by atoms with Crippen molar-refractivity contribution in [3.63, 3.8) is 0 Å². The number of aromatic hydroxyl groups is 1. The van der Waals surface area contributed by atoms with E-state index in [-0.39, 0.29) is 5.75 Å². The monoisotopic (exact) mass is 441 g/mol. The summed E-state index contributed by atoms with van der Waals surface area (Å²) in [4.78, 5) is 7.66. The zero-order chi connectivity index (χ0) is 21.6. The number of phenols is 1. The van der Waals surface area contributed by atoms with Gasteiger partial charge in [-0.05, 0) is 55.3 Å². The van der Waals surface area contributed by atoms with Gasteiger partial charge in [-0.2, -0.15) is 0 Å². The van der Waals surface area contributed by atoms with Crippen molar-refractivity contribution < 1.29 is 9.84 Å². The van der Waals surface area contributed by atoms with E-state index in [9.17, 15) is 5.11 Å². The van der Waals surface area contributed by atoms with Gasteiger partial charge in [-0.25, -0.2) is 0 Å². The summed E-state index contributed by atoms with van der Waals surface area (Å²) < 4.78 is 5.19. The molecule has 0 aliphatic carbocycles. The highest BCUT2D eigenvalue weighted by molar-refractivity contribution is 6.30. The van der Waals surface area contributed by atoms with E-state index in [0.29, 0.717) is 11.8 Å². The van der Waals surface area contributed by atoms with Crippen LogP contribution in [0.25, 0.3) is 6.08 Å². The number of piperidine rings is 1. The van der Waals surface area contributed by atoms with E-state index in [2.05, 4.69) is 39.0 Å². The molecule has 2 aliphatic heterocycles. The van der Waals surface area contributed by atoms with Crippen molar-refractivity contribution in [2.75, 3.05) is 57.8 Å². The molecule has 2 aromatic carbocycles. The smallest absolute Gasteiger partial charge is 0.161 e. The molecule has 2 saturated heterocycles. The Kier molecular flexibility index (Phi) is 7.38. The first kappa shape index (κ1) is 22.0. The number of ether oxygens (including phenoxy) is 1. The van der Waals surface area contributed by atoms with Gasteiger partial charge in [0.2, 0.25) is 0 Å². The number of hydrogen-bond acceptors (Lipinski definition) is 5. The number of methoxy groups -OCH3 is 1. The molecule has 2 fully saturated rings. The fourth-order valence-electron chi connectivity index (χ4n) is 4.65. The molecule has 1 atom stereocenters. The summed E-state index contributed by atoms with van der Waals surface area (Å²) >= 11 is 6.17. The van der Waals surface area contributed by atoms with Crippen LogP contribution in [0.2, 0.25) is 5.02 Å². The first-order valence-corrected chi connectivity index (χ1v) is 11.5. The lowest BCUT2D eigenvalue weighted by Crippen LogP contribution is -2.55. The van der Waals surface area contributed by atoms with Crippen LogP contribution in [0.5, 0.6) is 11.5 Å². The standard InChI is InChI=1S/C25H32ClN3O2/c1-31-25-17-20(9-10-24(25)30)5-3-11-27-12-4-8-23(19-27)29-15-13-28(14-16-29)22-7-2-6-21(26)18-22/h2-3,5-7,9-10,17-18,23,30H,4,8,11-16,19H2,1H3/b5-3+/t23-/m1/s1. The number of piperazine rings is 1. The topological polar surface area (TPSA) is 39.2 Å². The summed E-state index contributed by atoms with van der Waals surface area (Å²) in [6, 6.07) is 14.3. The van der Waals surface area contributed by atoms with E-state index in [1.165, 1.54) is 18.5 Å². The summed E-state index contributed by atoms with van der Waals surface area (Å²) in [7, 11) is 1.57. The molecule has 2 heterocycles. The highest BCUT2D eigenvalue weighted by Gasteiger charge is 2.27. The third-order valence-corrected chi connectivity index (χ3v) is 6.60. The van der Waals surface area contributed by atoms with Crippen LogP contribution in [0.1, 0.15) is 18.4 Å². The van der Waals surface area contributed by atoms with Gasteiger partial charge in [0.15, 0.2) is 11.5 Å². The Bertz CT molecular complexity index is 896. The molecule has 5 nitrogen and oxygen atoms in total. The normalized spacial score (nSPS) is 21.0. The Morgan fingerprint density at radius 1 is 1.10 bits per heavy atom. The Hall–Kier alpha value is -2.21. The number of anilines is 1. The van der Waals surface area contributed by atoms with E-state index in [1.807, 2.05) is 24.3 Å². The Morgan fingerprint density at radius 3 is 2.71 bits per heavy atom. The van der Waals surface area contributed by atoms with Crippen molar-refractivity contribution in [1.29, 1.82) is 0 Å². The van der Waals surface area contributed by atoms with E-state index >= 15 is 0 Å². The number of likely N-dealkylation sites (tertiary alicyclic amines) is 1. The van der Waals surface area contributed by atoms with Gasteiger partial charge >= 0.3 is 0 Å². The molecular formula is C25H32ClN3O2. The lowest BCUT2D eigenvalue weighted by atomic mass is 10.0. The number of benzene rings is 2. The van der Waals surface area contributed by atoms with Crippen molar-refractivity contribution in [1.82, 2.24) is 9.80 Å². The maximum atomic E-state index is 9.74. The maximum Gasteiger partial charge on any atom is 0.161 e. The Labute approximate surface area is 190 Å². The molecule has 0 radical (unpaired) electrons. The minimum Gasteiger partial charge on any atom is -0.504 e. The summed E-state index contributed by atoms with van der Waals surface area (Å²) in [5.74, 6) is 0.686. The lowest BCUT2D eigenvalue weighted by molar-refractivity contribution is 0.0991. The molecule has 166 valence electrons. The highest BCUT2D eigenvalue weighted by Crippen LogP contribution is 2.27. The van der Waals surface area contributed by atoms with Crippen LogP contribution in [-0.2, 0) is 0 Å². The second-order valence-electron chi connectivity index (χ2n) is 8.39. The number of rotatable bonds is 6. The van der Waals surface area contributed by atoms with Gasteiger partial charge in [-0.3, -0.25) is 9.80 Å². The van der Waals surface area contributed by atoms with E-state index in [1.54, 1.807) is 13.2 Å². The van der Waals surface area contributed by atoms with Crippen molar-refractivity contribution in [3.8, 4) is 11.5 Å². The van der Waals surface area contributed by atoms with Gasteiger partial charge in [0, 0.05) is 56.0 Å². The van der Waals surface area contributed by atoms with Crippen LogP contribution in [0, 0.1) is 0 Å². The third-order valence-electron chi connectivity index (χ3n) is 6.36. The number of hydrogen-bond donors (Lipinski definition) is 1. The van der Waals surface area contributed by atoms with Crippen LogP contribution in [0.4, 0.5) is 5.69 Å². The average molecular weight is 442 g/mol. The van der Waals surface area contributed by atoms with Gasteiger partial charge in [0.05, 0.1) is 7.11 Å². The van der Waals surface area contributed by atoms with Crippen LogP contribution in [0.3, 0.4) is 0 Å². The molecule has 6 heteroatoms. The van der Waals surface area contributed by atoms with Gasteiger partial charge in [-0.15, -0.1) is 0 Å². The van der Waals surface area contributed by atoms with E-state index < -0.39 is 0 Å². The second kappa shape index (κ2) is 10.4. The first-order chi connectivity index (χ1) is 15.1. The first-order valence-electron chi connectivity index (χ1n) is 11.1. The molecule has 1 N–H and O–H groups in total. The molecule has 0 amide bonds. The van der Waals surface area contributed by atoms with E-state index in [0.717, 1.165) is 56.4 Å². The molecule has 0 saturated carbocycles. The van der Waals surface area contributed by atoms with E-state index in [4.69, 9.17) is 16.3 Å². The molecule has 2 aliphatic rings. The molecule has 0 spiro atoms. The lowest BCUT2D eigenvalue weighted by Gasteiger charge is -2.43. The average Bonchev–Trinajstić information content (AvgIpc) is 2.80. The van der Waals surface area contributed by atoms with Gasteiger partial charge < -0.3 is 14.7 Å². The zero-order valence-corrected chi connectivity index (χ0v) is 19.0. The molecule has 4 rings (SSSR count). The highest BCUT2D eigenvalue weighted by atomic mass is 35.5.